The Labute approximate surface area is 126 Å². The Hall–Kier alpha value is -1.61. The molecule has 0 spiro atoms. The Morgan fingerprint density at radius 3 is 2.48 bits per heavy atom. The van der Waals surface area contributed by atoms with E-state index in [0.29, 0.717) is 0 Å². The molecule has 3 heteroatoms. The van der Waals surface area contributed by atoms with Gasteiger partial charge in [0.1, 0.15) is 0 Å². The van der Waals surface area contributed by atoms with Gasteiger partial charge in [0.25, 0.3) is 0 Å². The summed E-state index contributed by atoms with van der Waals surface area (Å²) < 4.78 is 0. The molecule has 1 aliphatic carbocycles. The molecular weight excluding hydrogens is 262 g/mol. The van der Waals surface area contributed by atoms with Gasteiger partial charge in [0.2, 0.25) is 5.91 Å². The topological polar surface area (TPSA) is 63.3 Å². The van der Waals surface area contributed by atoms with Gasteiger partial charge in [-0.2, -0.15) is 0 Å². The third-order valence-corrected chi connectivity index (χ3v) is 4.30. The fourth-order valence-electron chi connectivity index (χ4n) is 3.06. The van der Waals surface area contributed by atoms with Crippen LogP contribution in [-0.2, 0) is 11.2 Å². The molecule has 0 radical (unpaired) electrons. The van der Waals surface area contributed by atoms with E-state index in [1.807, 2.05) is 24.3 Å². The molecule has 0 atom stereocenters. The van der Waals surface area contributed by atoms with Gasteiger partial charge in [0.05, 0.1) is 6.10 Å². The first-order valence-electron chi connectivity index (χ1n) is 7.88. The van der Waals surface area contributed by atoms with E-state index < -0.39 is 0 Å². The van der Waals surface area contributed by atoms with E-state index in [-0.39, 0.29) is 17.9 Å². The number of hydrogen-bond acceptors (Lipinski definition) is 2. The second kappa shape index (κ2) is 7.99. The van der Waals surface area contributed by atoms with Gasteiger partial charge in [-0.15, -0.1) is 0 Å². The summed E-state index contributed by atoms with van der Waals surface area (Å²) in [6, 6.07) is 10.4. The molecule has 1 fully saturated rings. The van der Waals surface area contributed by atoms with E-state index in [4.69, 9.17) is 5.73 Å². The van der Waals surface area contributed by atoms with Crippen LogP contribution in [0.4, 0.5) is 0 Å². The zero-order valence-electron chi connectivity index (χ0n) is 12.5. The summed E-state index contributed by atoms with van der Waals surface area (Å²) in [6.45, 7) is 0. The van der Waals surface area contributed by atoms with Crippen molar-refractivity contribution in [2.75, 3.05) is 0 Å². The van der Waals surface area contributed by atoms with Crippen molar-refractivity contribution >= 4 is 5.91 Å². The lowest BCUT2D eigenvalue weighted by atomic mass is 9.81. The number of nitrogens with two attached hydrogens (primary N) is 1. The van der Waals surface area contributed by atoms with Crippen molar-refractivity contribution in [1.82, 2.24) is 0 Å². The van der Waals surface area contributed by atoms with Crippen LogP contribution >= 0.6 is 0 Å². The van der Waals surface area contributed by atoms with Gasteiger partial charge in [-0.3, -0.25) is 4.79 Å². The molecule has 0 heterocycles. The summed E-state index contributed by atoms with van der Waals surface area (Å²) in [6.07, 6.45) is 8.04. The third kappa shape index (κ3) is 5.01. The van der Waals surface area contributed by atoms with Crippen molar-refractivity contribution in [1.29, 1.82) is 0 Å². The van der Waals surface area contributed by atoms with E-state index in [0.717, 1.165) is 50.5 Å². The highest BCUT2D eigenvalue weighted by molar-refractivity contribution is 5.92. The molecule has 3 nitrogen and oxygen atoms in total. The summed E-state index contributed by atoms with van der Waals surface area (Å²) in [5.74, 6) is -0.0567. The predicted octanol–water partition coefficient (Wildman–Crippen LogP) is 2.97. The first-order chi connectivity index (χ1) is 10.2. The summed E-state index contributed by atoms with van der Waals surface area (Å²) in [4.78, 5) is 11.6. The van der Waals surface area contributed by atoms with Crippen molar-refractivity contribution < 1.29 is 9.90 Å². The Kier molecular flexibility index (Phi) is 6.00. The molecule has 1 aromatic carbocycles. The lowest BCUT2D eigenvalue weighted by Gasteiger charge is -2.26. The Balaban J connectivity index is 1.85. The van der Waals surface area contributed by atoms with E-state index in [1.165, 1.54) is 5.56 Å². The average Bonchev–Trinajstić information content (AvgIpc) is 2.49. The molecule has 1 aliphatic rings. The molecule has 3 N–H and O–H groups in total. The smallest absolute Gasteiger partial charge is 0.244 e. The first-order valence-corrected chi connectivity index (χ1v) is 7.88. The molecule has 0 aliphatic heterocycles. The second-order valence-corrected chi connectivity index (χ2v) is 5.91. The molecule has 114 valence electrons. The molecule has 21 heavy (non-hydrogen) atoms. The van der Waals surface area contributed by atoms with Gasteiger partial charge >= 0.3 is 0 Å². The van der Waals surface area contributed by atoms with Crippen LogP contribution in [0.2, 0.25) is 0 Å². The van der Waals surface area contributed by atoms with Gasteiger partial charge in [-0.05, 0) is 56.4 Å². The van der Waals surface area contributed by atoms with Crippen LogP contribution in [0.15, 0.2) is 42.0 Å². The number of aliphatic hydroxyl groups is 1. The van der Waals surface area contributed by atoms with Gasteiger partial charge in [-0.25, -0.2) is 0 Å². The van der Waals surface area contributed by atoms with Crippen LogP contribution in [0, 0.1) is 5.92 Å². The number of aryl methyl sites for hydroxylation is 1. The Morgan fingerprint density at radius 1 is 1.19 bits per heavy atom. The van der Waals surface area contributed by atoms with Crippen LogP contribution in [-0.4, -0.2) is 17.1 Å². The summed E-state index contributed by atoms with van der Waals surface area (Å²) in [7, 11) is 0. The fourth-order valence-corrected chi connectivity index (χ4v) is 3.06. The van der Waals surface area contributed by atoms with Gasteiger partial charge < -0.3 is 10.8 Å². The number of carbonyl (C=O) groups is 1. The van der Waals surface area contributed by atoms with E-state index in [9.17, 15) is 9.90 Å². The molecular formula is C18H25NO2. The maximum absolute atomic E-state index is 11.6. The number of unbranched alkanes of at least 4 members (excludes halogenated alkanes) is 1. The van der Waals surface area contributed by atoms with Crippen molar-refractivity contribution in [3.05, 3.63) is 47.5 Å². The van der Waals surface area contributed by atoms with Crippen molar-refractivity contribution in [2.45, 2.75) is 51.0 Å². The van der Waals surface area contributed by atoms with Crippen molar-refractivity contribution in [2.24, 2.45) is 11.7 Å². The lowest BCUT2D eigenvalue weighted by molar-refractivity contribution is -0.115. The summed E-state index contributed by atoms with van der Waals surface area (Å²) >= 11 is 0. The zero-order valence-corrected chi connectivity index (χ0v) is 12.5. The maximum atomic E-state index is 11.6. The summed E-state index contributed by atoms with van der Waals surface area (Å²) in [5, 5.41) is 9.55. The Morgan fingerprint density at radius 2 is 1.86 bits per heavy atom. The van der Waals surface area contributed by atoms with Gasteiger partial charge in [0, 0.05) is 5.57 Å². The standard InChI is InChI=1S/C18H25NO2/c19-18(21)17(15-10-12-16(20)13-11-15)9-5-4-8-14-6-2-1-3-7-14/h1-3,6-7,9,15-16,20H,4-5,8,10-13H2,(H2,19,21). The highest BCUT2D eigenvalue weighted by Crippen LogP contribution is 2.30. The molecule has 2 rings (SSSR count). The van der Waals surface area contributed by atoms with E-state index >= 15 is 0 Å². The molecule has 0 bridgehead atoms. The molecule has 0 saturated heterocycles. The number of benzene rings is 1. The second-order valence-electron chi connectivity index (χ2n) is 5.91. The molecule has 1 aromatic rings. The third-order valence-electron chi connectivity index (χ3n) is 4.30. The van der Waals surface area contributed by atoms with Crippen molar-refractivity contribution in [3.8, 4) is 0 Å². The SMILES string of the molecule is NC(=O)C(=CCCCc1ccccc1)C1CCC(O)CC1. The number of carbonyl (C=O) groups excluding carboxylic acids is 1. The van der Waals surface area contributed by atoms with E-state index in [1.54, 1.807) is 0 Å². The molecule has 1 saturated carbocycles. The molecule has 0 unspecified atom stereocenters. The quantitative estimate of drug-likeness (QED) is 0.624. The normalized spacial score (nSPS) is 23.0. The van der Waals surface area contributed by atoms with Crippen LogP contribution in [0.5, 0.6) is 0 Å². The highest BCUT2D eigenvalue weighted by atomic mass is 16.3. The zero-order chi connectivity index (χ0) is 15.1. The minimum Gasteiger partial charge on any atom is -0.393 e. The largest absolute Gasteiger partial charge is 0.393 e. The van der Waals surface area contributed by atoms with Crippen LogP contribution in [0.25, 0.3) is 0 Å². The number of rotatable bonds is 6. The van der Waals surface area contributed by atoms with Crippen LogP contribution in [0.1, 0.15) is 44.1 Å². The number of hydrogen-bond donors (Lipinski definition) is 2. The van der Waals surface area contributed by atoms with Gasteiger partial charge in [0.15, 0.2) is 0 Å². The maximum Gasteiger partial charge on any atom is 0.244 e. The van der Waals surface area contributed by atoms with Crippen LogP contribution < -0.4 is 5.73 Å². The monoisotopic (exact) mass is 287 g/mol. The van der Waals surface area contributed by atoms with Crippen molar-refractivity contribution in [3.63, 3.8) is 0 Å². The first kappa shape index (κ1) is 15.8. The number of amides is 1. The molecule has 1 amide bonds. The van der Waals surface area contributed by atoms with E-state index in [2.05, 4.69) is 12.1 Å². The summed E-state index contributed by atoms with van der Waals surface area (Å²) in [5.41, 5.74) is 7.63. The number of aliphatic hydroxyl groups excluding tert-OH is 1. The van der Waals surface area contributed by atoms with Gasteiger partial charge in [-0.1, -0.05) is 36.4 Å². The fraction of sp³-hybridized carbons (Fsp3) is 0.500. The average molecular weight is 287 g/mol. The number of primary amides is 1. The highest BCUT2D eigenvalue weighted by Gasteiger charge is 2.24. The van der Waals surface area contributed by atoms with Crippen LogP contribution in [0.3, 0.4) is 0 Å². The number of allylic oxidation sites excluding steroid dienone is 1. The predicted molar refractivity (Wildman–Crippen MR) is 84.6 cm³/mol. The molecule has 0 aromatic heterocycles. The lowest BCUT2D eigenvalue weighted by Crippen LogP contribution is -2.26. The minimum atomic E-state index is -0.295. The minimum absolute atomic E-state index is 0.201. The Bertz CT molecular complexity index is 473.